The Morgan fingerprint density at radius 2 is 2.15 bits per heavy atom. The van der Waals surface area contributed by atoms with Gasteiger partial charge in [-0.1, -0.05) is 24.3 Å². The quantitative estimate of drug-likeness (QED) is 0.882. The maximum absolute atomic E-state index is 10.9. The number of nitrogens with zero attached hydrogens (tertiary/aromatic N) is 5. The number of tetrazole rings is 1. The lowest BCUT2D eigenvalue weighted by Crippen LogP contribution is -2.33. The molecule has 0 spiro atoms. The zero-order chi connectivity index (χ0) is 14.0. The average molecular weight is 273 g/mol. The number of hydrogen-bond acceptors (Lipinski definition) is 5. The third kappa shape index (κ3) is 2.57. The number of rotatable bonds is 4. The third-order valence-corrected chi connectivity index (χ3v) is 4.01. The average Bonchev–Trinajstić information content (AvgIpc) is 3.07. The van der Waals surface area contributed by atoms with E-state index in [-0.39, 0.29) is 0 Å². The first-order valence-corrected chi connectivity index (χ1v) is 6.89. The van der Waals surface area contributed by atoms with Crippen LogP contribution >= 0.6 is 0 Å². The molecular formula is C14H19N5O. The first-order chi connectivity index (χ1) is 9.67. The van der Waals surface area contributed by atoms with Crippen LogP contribution in [0.1, 0.15) is 17.5 Å². The fraction of sp³-hybridized carbons (Fsp3) is 0.500. The summed E-state index contributed by atoms with van der Waals surface area (Å²) in [5.41, 5.74) is 1.47. The van der Waals surface area contributed by atoms with Gasteiger partial charge in [-0.15, -0.1) is 5.10 Å². The van der Waals surface area contributed by atoms with Crippen LogP contribution in [0.3, 0.4) is 0 Å². The van der Waals surface area contributed by atoms with Gasteiger partial charge in [0.05, 0.1) is 6.54 Å². The van der Waals surface area contributed by atoms with Gasteiger partial charge in [0.2, 0.25) is 0 Å². The van der Waals surface area contributed by atoms with Crippen molar-refractivity contribution in [3.8, 4) is 0 Å². The highest BCUT2D eigenvalue weighted by Crippen LogP contribution is 2.33. The SMILES string of the molecule is Cc1ccccc1C1(O)CCN(CCn2cnnn2)C1. The van der Waals surface area contributed by atoms with Crippen LogP contribution in [-0.4, -0.2) is 49.8 Å². The molecule has 1 unspecified atom stereocenters. The van der Waals surface area contributed by atoms with Crippen LogP contribution in [0.2, 0.25) is 0 Å². The lowest BCUT2D eigenvalue weighted by Gasteiger charge is -2.25. The zero-order valence-electron chi connectivity index (χ0n) is 11.6. The monoisotopic (exact) mass is 273 g/mol. The molecule has 3 rings (SSSR count). The molecule has 0 amide bonds. The molecule has 1 aliphatic rings. The van der Waals surface area contributed by atoms with Gasteiger partial charge in [0.25, 0.3) is 0 Å². The highest BCUT2D eigenvalue weighted by molar-refractivity contribution is 5.32. The summed E-state index contributed by atoms with van der Waals surface area (Å²) in [6, 6.07) is 8.08. The van der Waals surface area contributed by atoms with Crippen molar-refractivity contribution in [3.05, 3.63) is 41.7 Å². The fourth-order valence-corrected chi connectivity index (χ4v) is 2.90. The molecule has 1 fully saturated rings. The summed E-state index contributed by atoms with van der Waals surface area (Å²) in [5, 5.41) is 22.0. The minimum absolute atomic E-state index is 0.667. The van der Waals surface area contributed by atoms with Gasteiger partial charge in [0, 0.05) is 19.6 Å². The standard InChI is InChI=1S/C14H19N5O/c1-12-4-2-3-5-13(12)14(20)6-7-18(10-14)8-9-19-11-15-16-17-19/h2-5,11,20H,6-10H2,1H3. The van der Waals surface area contributed by atoms with E-state index in [2.05, 4.69) is 33.4 Å². The highest BCUT2D eigenvalue weighted by atomic mass is 16.3. The molecule has 1 atom stereocenters. The fourth-order valence-electron chi connectivity index (χ4n) is 2.90. The molecule has 6 heteroatoms. The summed E-state index contributed by atoms with van der Waals surface area (Å²) in [4.78, 5) is 2.26. The second-order valence-electron chi connectivity index (χ2n) is 5.45. The largest absolute Gasteiger partial charge is 0.384 e. The summed E-state index contributed by atoms with van der Waals surface area (Å²) in [6.07, 6.45) is 2.39. The normalized spacial score (nSPS) is 23.3. The Balaban J connectivity index is 1.65. The van der Waals surface area contributed by atoms with Gasteiger partial charge < -0.3 is 5.11 Å². The van der Waals surface area contributed by atoms with E-state index in [1.54, 1.807) is 11.0 Å². The van der Waals surface area contributed by atoms with E-state index in [0.717, 1.165) is 37.2 Å². The molecule has 1 aromatic heterocycles. The van der Waals surface area contributed by atoms with E-state index in [9.17, 15) is 5.11 Å². The molecule has 2 heterocycles. The predicted molar refractivity (Wildman–Crippen MR) is 73.9 cm³/mol. The zero-order valence-corrected chi connectivity index (χ0v) is 11.6. The third-order valence-electron chi connectivity index (χ3n) is 4.01. The lowest BCUT2D eigenvalue weighted by molar-refractivity contribution is 0.0450. The molecule has 1 N–H and O–H groups in total. The minimum atomic E-state index is -0.730. The molecule has 1 saturated heterocycles. The van der Waals surface area contributed by atoms with Crippen LogP contribution < -0.4 is 0 Å². The summed E-state index contributed by atoms with van der Waals surface area (Å²) in [6.45, 7) is 5.21. The van der Waals surface area contributed by atoms with Crippen molar-refractivity contribution >= 4 is 0 Å². The molecule has 0 radical (unpaired) electrons. The van der Waals surface area contributed by atoms with Crippen LogP contribution in [0.4, 0.5) is 0 Å². The number of β-amino-alcohol motifs (C(OH)–C–C–N with tert-alkyl or cyclic N) is 1. The second kappa shape index (κ2) is 5.30. The van der Waals surface area contributed by atoms with Crippen molar-refractivity contribution in [3.63, 3.8) is 0 Å². The number of likely N-dealkylation sites (tertiary alicyclic amines) is 1. The smallest absolute Gasteiger partial charge is 0.138 e. The van der Waals surface area contributed by atoms with Gasteiger partial charge in [-0.2, -0.15) is 0 Å². The van der Waals surface area contributed by atoms with Crippen molar-refractivity contribution in [2.75, 3.05) is 19.6 Å². The maximum atomic E-state index is 10.9. The van der Waals surface area contributed by atoms with E-state index < -0.39 is 5.60 Å². The Hall–Kier alpha value is -1.79. The molecule has 0 saturated carbocycles. The highest BCUT2D eigenvalue weighted by Gasteiger charge is 2.38. The van der Waals surface area contributed by atoms with Crippen molar-refractivity contribution < 1.29 is 5.11 Å². The van der Waals surface area contributed by atoms with E-state index >= 15 is 0 Å². The van der Waals surface area contributed by atoms with Gasteiger partial charge in [0.1, 0.15) is 11.9 Å². The van der Waals surface area contributed by atoms with Gasteiger partial charge in [-0.3, -0.25) is 4.90 Å². The van der Waals surface area contributed by atoms with Gasteiger partial charge in [-0.25, -0.2) is 4.68 Å². The Kier molecular flexibility index (Phi) is 3.50. The molecule has 20 heavy (non-hydrogen) atoms. The summed E-state index contributed by atoms with van der Waals surface area (Å²) >= 11 is 0. The second-order valence-corrected chi connectivity index (χ2v) is 5.45. The van der Waals surface area contributed by atoms with Crippen molar-refractivity contribution in [1.29, 1.82) is 0 Å². The van der Waals surface area contributed by atoms with Crippen molar-refractivity contribution in [2.45, 2.75) is 25.5 Å². The first-order valence-electron chi connectivity index (χ1n) is 6.89. The Morgan fingerprint density at radius 3 is 2.90 bits per heavy atom. The van der Waals surface area contributed by atoms with E-state index in [0.29, 0.717) is 6.54 Å². The van der Waals surface area contributed by atoms with Crippen LogP contribution in [0.25, 0.3) is 0 Å². The van der Waals surface area contributed by atoms with Crippen LogP contribution in [0.15, 0.2) is 30.6 Å². The predicted octanol–water partition coefficient (Wildman–Crippen LogP) is 0.575. The molecule has 1 aliphatic heterocycles. The van der Waals surface area contributed by atoms with Crippen LogP contribution in [0.5, 0.6) is 0 Å². The first kappa shape index (κ1) is 13.2. The molecule has 0 aliphatic carbocycles. The topological polar surface area (TPSA) is 67.1 Å². The van der Waals surface area contributed by atoms with Gasteiger partial charge in [0.15, 0.2) is 0 Å². The van der Waals surface area contributed by atoms with Gasteiger partial charge in [-0.05, 0) is 34.9 Å². The Bertz CT molecular complexity index is 571. The lowest BCUT2D eigenvalue weighted by atomic mass is 9.89. The Morgan fingerprint density at radius 1 is 1.30 bits per heavy atom. The summed E-state index contributed by atoms with van der Waals surface area (Å²) < 4.78 is 1.71. The van der Waals surface area contributed by atoms with E-state index in [1.807, 2.05) is 18.2 Å². The maximum Gasteiger partial charge on any atom is 0.138 e. The number of hydrogen-bond donors (Lipinski definition) is 1. The summed E-state index contributed by atoms with van der Waals surface area (Å²) in [7, 11) is 0. The van der Waals surface area contributed by atoms with Crippen LogP contribution in [0, 0.1) is 6.92 Å². The van der Waals surface area contributed by atoms with Crippen molar-refractivity contribution in [2.24, 2.45) is 0 Å². The minimum Gasteiger partial charge on any atom is -0.384 e. The van der Waals surface area contributed by atoms with Gasteiger partial charge >= 0.3 is 0 Å². The Labute approximate surface area is 118 Å². The molecule has 2 aromatic rings. The van der Waals surface area contributed by atoms with E-state index in [1.165, 1.54) is 0 Å². The number of aryl methyl sites for hydroxylation is 1. The summed E-state index contributed by atoms with van der Waals surface area (Å²) in [5.74, 6) is 0. The number of aromatic nitrogens is 4. The molecular weight excluding hydrogens is 254 g/mol. The number of aliphatic hydroxyl groups is 1. The molecule has 0 bridgehead atoms. The van der Waals surface area contributed by atoms with Crippen molar-refractivity contribution in [1.82, 2.24) is 25.1 Å². The molecule has 106 valence electrons. The molecule has 6 nitrogen and oxygen atoms in total. The van der Waals surface area contributed by atoms with E-state index in [4.69, 9.17) is 0 Å². The molecule has 1 aromatic carbocycles. The number of benzene rings is 1. The van der Waals surface area contributed by atoms with Crippen LogP contribution in [-0.2, 0) is 12.1 Å².